The van der Waals surface area contributed by atoms with Gasteiger partial charge in [0.1, 0.15) is 5.82 Å². The molecule has 0 saturated carbocycles. The summed E-state index contributed by atoms with van der Waals surface area (Å²) in [5.74, 6) is 0.119. The van der Waals surface area contributed by atoms with Crippen molar-refractivity contribution in [3.8, 4) is 11.4 Å². The molecule has 2 aromatic heterocycles. The van der Waals surface area contributed by atoms with Crippen LogP contribution in [0.25, 0.3) is 11.4 Å². The molecule has 8 heteroatoms. The largest absolute Gasteiger partial charge is 0.323 e. The van der Waals surface area contributed by atoms with Crippen molar-refractivity contribution in [2.75, 3.05) is 11.1 Å². The number of hydrogen-bond donors (Lipinski definition) is 1. The van der Waals surface area contributed by atoms with Crippen molar-refractivity contribution in [3.63, 3.8) is 0 Å². The molecule has 0 radical (unpaired) electrons. The Morgan fingerprint density at radius 3 is 2.89 bits per heavy atom. The van der Waals surface area contributed by atoms with Crippen LogP contribution in [0, 0.1) is 12.7 Å². The minimum Gasteiger partial charge on any atom is -0.323 e. The average Bonchev–Trinajstić information content (AvgIpc) is 3.25. The Bertz CT molecular complexity index is 996. The summed E-state index contributed by atoms with van der Waals surface area (Å²) in [5, 5.41) is 13.9. The number of aryl methyl sites for hydroxylation is 1. The van der Waals surface area contributed by atoms with Crippen molar-refractivity contribution in [2.45, 2.75) is 32.0 Å². The quantitative estimate of drug-likeness (QED) is 0.418. The fourth-order valence-electron chi connectivity index (χ4n) is 2.87. The van der Waals surface area contributed by atoms with Crippen LogP contribution in [0.4, 0.5) is 10.1 Å². The van der Waals surface area contributed by atoms with E-state index in [1.54, 1.807) is 29.5 Å². The lowest BCUT2D eigenvalue weighted by Gasteiger charge is -2.09. The highest BCUT2D eigenvalue weighted by atomic mass is 32.2. The van der Waals surface area contributed by atoms with E-state index in [0.29, 0.717) is 11.7 Å². The molecule has 3 rings (SSSR count). The molecule has 1 N–H and O–H groups in total. The molecule has 28 heavy (non-hydrogen) atoms. The molecule has 5 nitrogen and oxygen atoms in total. The number of para-hydroxylation sites is 1. The van der Waals surface area contributed by atoms with E-state index in [1.807, 2.05) is 4.57 Å². The number of hydrogen-bond acceptors (Lipinski definition) is 5. The number of benzene rings is 1. The van der Waals surface area contributed by atoms with Gasteiger partial charge in [0.05, 0.1) is 11.4 Å². The Hall–Kier alpha value is -2.45. The first-order valence-corrected chi connectivity index (χ1v) is 10.7. The number of amides is 1. The molecular formula is C20H21FN4OS2. The van der Waals surface area contributed by atoms with Gasteiger partial charge in [-0.15, -0.1) is 28.1 Å². The summed E-state index contributed by atoms with van der Waals surface area (Å²) in [7, 11) is 0. The molecule has 0 spiro atoms. The van der Waals surface area contributed by atoms with Gasteiger partial charge in [-0.3, -0.25) is 9.36 Å². The number of thiophene rings is 1. The number of thioether (sulfide) groups is 1. The molecular weight excluding hydrogens is 395 g/mol. The first kappa shape index (κ1) is 20.3. The fourth-order valence-corrected chi connectivity index (χ4v) is 4.56. The molecule has 0 saturated heterocycles. The van der Waals surface area contributed by atoms with E-state index in [-0.39, 0.29) is 17.3 Å². The molecule has 0 aliphatic heterocycles. The van der Waals surface area contributed by atoms with Crippen molar-refractivity contribution in [1.29, 1.82) is 0 Å². The summed E-state index contributed by atoms with van der Waals surface area (Å²) in [6.07, 6.45) is 2.69. The third-order valence-electron chi connectivity index (χ3n) is 4.21. The summed E-state index contributed by atoms with van der Waals surface area (Å²) < 4.78 is 15.6. The van der Waals surface area contributed by atoms with E-state index in [2.05, 4.69) is 41.3 Å². The summed E-state index contributed by atoms with van der Waals surface area (Å²) >= 11 is 2.96. The van der Waals surface area contributed by atoms with Gasteiger partial charge in [0.2, 0.25) is 5.91 Å². The van der Waals surface area contributed by atoms with Crippen molar-refractivity contribution < 1.29 is 9.18 Å². The normalized spacial score (nSPS) is 10.8. The first-order valence-electron chi connectivity index (χ1n) is 8.83. The van der Waals surface area contributed by atoms with Gasteiger partial charge in [0.25, 0.3) is 0 Å². The highest BCUT2D eigenvalue weighted by Gasteiger charge is 2.19. The molecule has 0 aliphatic carbocycles. The minimum atomic E-state index is -0.460. The van der Waals surface area contributed by atoms with Crippen molar-refractivity contribution >= 4 is 34.7 Å². The van der Waals surface area contributed by atoms with Gasteiger partial charge in [-0.1, -0.05) is 36.9 Å². The Morgan fingerprint density at radius 1 is 1.39 bits per heavy atom. The van der Waals surface area contributed by atoms with E-state index < -0.39 is 5.82 Å². The van der Waals surface area contributed by atoms with Crippen LogP contribution in [0.2, 0.25) is 0 Å². The summed E-state index contributed by atoms with van der Waals surface area (Å²) in [6.45, 7) is 8.58. The molecule has 0 bridgehead atoms. The number of nitrogens with zero attached hydrogens (tertiary/aromatic N) is 3. The van der Waals surface area contributed by atoms with E-state index in [1.165, 1.54) is 34.3 Å². The van der Waals surface area contributed by atoms with Crippen LogP contribution in [-0.4, -0.2) is 26.4 Å². The average molecular weight is 417 g/mol. The molecule has 146 valence electrons. The highest BCUT2D eigenvalue weighted by Crippen LogP contribution is 2.32. The van der Waals surface area contributed by atoms with E-state index in [4.69, 9.17) is 0 Å². The highest BCUT2D eigenvalue weighted by molar-refractivity contribution is 7.99. The van der Waals surface area contributed by atoms with E-state index in [9.17, 15) is 9.18 Å². The smallest absolute Gasteiger partial charge is 0.234 e. The molecule has 2 heterocycles. The first-order chi connectivity index (χ1) is 13.5. The van der Waals surface area contributed by atoms with Gasteiger partial charge in [0.15, 0.2) is 11.0 Å². The summed E-state index contributed by atoms with van der Waals surface area (Å²) in [5.41, 5.74) is 2.50. The second-order valence-corrected chi connectivity index (χ2v) is 8.09. The molecule has 0 atom stereocenters. The Morgan fingerprint density at radius 2 is 2.18 bits per heavy atom. The number of halogens is 1. The van der Waals surface area contributed by atoms with Gasteiger partial charge >= 0.3 is 0 Å². The molecule has 0 aliphatic rings. The zero-order chi connectivity index (χ0) is 20.1. The fraction of sp³-hybridized carbons (Fsp3) is 0.250. The maximum atomic E-state index is 13.7. The summed E-state index contributed by atoms with van der Waals surface area (Å²) in [4.78, 5) is 13.5. The monoisotopic (exact) mass is 416 g/mol. The lowest BCUT2D eigenvalue weighted by molar-refractivity contribution is -0.113. The number of carbonyl (C=O) groups excluding carboxylic acids is 1. The Balaban J connectivity index is 1.77. The maximum Gasteiger partial charge on any atom is 0.234 e. The van der Waals surface area contributed by atoms with Crippen LogP contribution in [0.5, 0.6) is 0 Å². The molecule has 0 unspecified atom stereocenters. The third kappa shape index (κ3) is 4.34. The minimum absolute atomic E-state index is 0.104. The topological polar surface area (TPSA) is 59.8 Å². The van der Waals surface area contributed by atoms with Crippen LogP contribution in [-0.2, 0) is 17.8 Å². The zero-order valence-corrected chi connectivity index (χ0v) is 17.4. The molecule has 1 aromatic carbocycles. The van der Waals surface area contributed by atoms with Crippen molar-refractivity contribution in [2.24, 2.45) is 0 Å². The second kappa shape index (κ2) is 9.16. The zero-order valence-electron chi connectivity index (χ0n) is 15.7. The van der Waals surface area contributed by atoms with Crippen LogP contribution >= 0.6 is 23.1 Å². The number of rotatable bonds is 8. The standard InChI is InChI=1S/C20H21FN4OS2/c1-4-10-25-19(15-11-27-13(3)14(15)5-2)23-24-20(25)28-12-18(26)22-17-9-7-6-8-16(17)21/h4,6-9,11H,1,5,10,12H2,2-3H3,(H,22,26). The molecule has 3 aromatic rings. The lowest BCUT2D eigenvalue weighted by atomic mass is 10.1. The van der Waals surface area contributed by atoms with Crippen LogP contribution in [0.3, 0.4) is 0 Å². The molecule has 0 fully saturated rings. The second-order valence-electron chi connectivity index (χ2n) is 6.06. The van der Waals surface area contributed by atoms with Gasteiger partial charge in [-0.25, -0.2) is 4.39 Å². The van der Waals surface area contributed by atoms with Crippen LogP contribution in [0.1, 0.15) is 17.4 Å². The van der Waals surface area contributed by atoms with Crippen molar-refractivity contribution in [3.05, 3.63) is 58.6 Å². The maximum absolute atomic E-state index is 13.7. The van der Waals surface area contributed by atoms with Gasteiger partial charge in [0, 0.05) is 22.4 Å². The summed E-state index contributed by atoms with van der Waals surface area (Å²) in [6, 6.07) is 6.09. The van der Waals surface area contributed by atoms with Crippen LogP contribution in [0.15, 0.2) is 47.5 Å². The lowest BCUT2D eigenvalue weighted by Crippen LogP contribution is -2.15. The number of carbonyl (C=O) groups is 1. The number of allylic oxidation sites excluding steroid dienone is 1. The van der Waals surface area contributed by atoms with Crippen molar-refractivity contribution in [1.82, 2.24) is 14.8 Å². The van der Waals surface area contributed by atoms with Gasteiger partial charge < -0.3 is 5.32 Å². The number of aromatic nitrogens is 3. The van der Waals surface area contributed by atoms with Crippen LogP contribution < -0.4 is 5.32 Å². The van der Waals surface area contributed by atoms with E-state index >= 15 is 0 Å². The Labute approximate surface area is 171 Å². The van der Waals surface area contributed by atoms with Gasteiger partial charge in [-0.2, -0.15) is 0 Å². The number of anilines is 1. The van der Waals surface area contributed by atoms with Gasteiger partial charge in [-0.05, 0) is 31.0 Å². The predicted octanol–water partition coefficient (Wildman–Crippen LogP) is 4.93. The number of nitrogens with one attached hydrogen (secondary N) is 1. The Kier molecular flexibility index (Phi) is 6.64. The molecule has 1 amide bonds. The SMILES string of the molecule is C=CCn1c(SCC(=O)Nc2ccccc2F)nnc1-c1csc(C)c1CC. The third-order valence-corrected chi connectivity index (χ3v) is 6.13. The van der Waals surface area contributed by atoms with E-state index in [0.717, 1.165) is 17.8 Å². The predicted molar refractivity (Wildman–Crippen MR) is 113 cm³/mol.